The highest BCUT2D eigenvalue weighted by atomic mass is 16.5. The Morgan fingerprint density at radius 1 is 0.864 bits per heavy atom. The number of nitrogens with zero attached hydrogens (tertiary/aromatic N) is 1. The highest BCUT2D eigenvalue weighted by Gasteiger charge is 2.53. The molecule has 4 aromatic carbocycles. The molecule has 1 aliphatic heterocycles. The predicted octanol–water partition coefficient (Wildman–Crippen LogP) is 4.79. The number of aliphatic imine (C=N–C) groups is 1. The molecule has 0 bridgehead atoms. The van der Waals surface area contributed by atoms with Crippen molar-refractivity contribution in [3.63, 3.8) is 0 Å². The molecule has 1 heterocycles. The fourth-order valence-electron chi connectivity index (χ4n) is 5.07. The molecule has 9 heteroatoms. The molecule has 44 heavy (non-hydrogen) atoms. The molecule has 1 aliphatic rings. The van der Waals surface area contributed by atoms with Crippen LogP contribution in [-0.2, 0) is 22.5 Å². The molecule has 1 amide bonds. The Kier molecular flexibility index (Phi) is 10.1. The van der Waals surface area contributed by atoms with E-state index in [-0.39, 0.29) is 18.9 Å². The van der Waals surface area contributed by atoms with Crippen molar-refractivity contribution in [2.24, 2.45) is 4.99 Å². The van der Waals surface area contributed by atoms with Crippen molar-refractivity contribution in [3.8, 4) is 17.2 Å². The van der Waals surface area contributed by atoms with Crippen LogP contribution in [0.2, 0.25) is 0 Å². The Balaban J connectivity index is 1.49. The standard InChI is InChI=1S/C35H37N3O6/c1-41-29-16-12-26(13-17-29)24-36-38-34(40)35(23-25-8-4-3-5-9-25)32(28-10-6-11-31(22-28)42-2)44-33(37-35)27-14-18-30(19-15-27)43-21-7-20-39/h3-6,8-19,22,32,36,39H,7,20-21,23-24H2,1-2H3,(H,38,40)/t32-,35-/m0/s1. The van der Waals surface area contributed by atoms with Gasteiger partial charge in [-0.1, -0.05) is 54.6 Å². The van der Waals surface area contributed by atoms with Crippen molar-refractivity contribution in [1.82, 2.24) is 10.9 Å². The minimum atomic E-state index is -1.35. The molecule has 4 aromatic rings. The van der Waals surface area contributed by atoms with Crippen LogP contribution in [0.25, 0.3) is 0 Å². The van der Waals surface area contributed by atoms with Gasteiger partial charge in [0.1, 0.15) is 17.2 Å². The van der Waals surface area contributed by atoms with Crippen molar-refractivity contribution >= 4 is 11.8 Å². The number of carbonyl (C=O) groups is 1. The van der Waals surface area contributed by atoms with Crippen LogP contribution in [0.5, 0.6) is 17.2 Å². The monoisotopic (exact) mass is 595 g/mol. The summed E-state index contributed by atoms with van der Waals surface area (Å²) in [5, 5.41) is 9.05. The summed E-state index contributed by atoms with van der Waals surface area (Å²) in [6, 6.07) is 32.3. The molecule has 0 fully saturated rings. The normalized spacial score (nSPS) is 17.3. The van der Waals surface area contributed by atoms with Gasteiger partial charge < -0.3 is 24.1 Å². The zero-order valence-electron chi connectivity index (χ0n) is 24.9. The molecule has 0 aromatic heterocycles. The van der Waals surface area contributed by atoms with Gasteiger partial charge in [-0.15, -0.1) is 0 Å². The first kappa shape index (κ1) is 30.6. The topological polar surface area (TPSA) is 111 Å². The first-order valence-electron chi connectivity index (χ1n) is 14.5. The van der Waals surface area contributed by atoms with E-state index in [0.29, 0.717) is 42.5 Å². The summed E-state index contributed by atoms with van der Waals surface area (Å²) in [7, 11) is 3.23. The number of aliphatic hydroxyl groups excluding tert-OH is 1. The largest absolute Gasteiger partial charge is 0.497 e. The second-order valence-corrected chi connectivity index (χ2v) is 10.4. The van der Waals surface area contributed by atoms with Gasteiger partial charge in [0.15, 0.2) is 11.6 Å². The summed E-state index contributed by atoms with van der Waals surface area (Å²) in [6.45, 7) is 0.875. The van der Waals surface area contributed by atoms with E-state index in [1.807, 2.05) is 103 Å². The van der Waals surface area contributed by atoms with E-state index in [1.165, 1.54) is 0 Å². The average molecular weight is 596 g/mol. The number of aliphatic hydroxyl groups is 1. The van der Waals surface area contributed by atoms with Crippen molar-refractivity contribution in [2.45, 2.75) is 31.0 Å². The maximum atomic E-state index is 14.3. The Morgan fingerprint density at radius 2 is 1.59 bits per heavy atom. The predicted molar refractivity (Wildman–Crippen MR) is 168 cm³/mol. The second kappa shape index (κ2) is 14.5. The summed E-state index contributed by atoms with van der Waals surface area (Å²) < 4.78 is 23.0. The SMILES string of the molecule is COc1ccc(CNNC(=O)[C@@]2(Cc3ccccc3)N=C(c3ccc(OCCCO)cc3)O[C@H]2c2cccc(OC)c2)cc1. The number of ether oxygens (including phenoxy) is 4. The van der Waals surface area contributed by atoms with Crippen molar-refractivity contribution < 1.29 is 28.8 Å². The van der Waals surface area contributed by atoms with E-state index in [1.54, 1.807) is 14.2 Å². The second-order valence-electron chi connectivity index (χ2n) is 10.4. The molecule has 2 atom stereocenters. The zero-order valence-corrected chi connectivity index (χ0v) is 24.9. The number of hydrogen-bond donors (Lipinski definition) is 3. The molecule has 228 valence electrons. The van der Waals surface area contributed by atoms with Crippen LogP contribution in [0.1, 0.15) is 34.8 Å². The molecule has 0 unspecified atom stereocenters. The maximum absolute atomic E-state index is 14.3. The quantitative estimate of drug-likeness (QED) is 0.142. The highest BCUT2D eigenvalue weighted by Crippen LogP contribution is 2.43. The maximum Gasteiger partial charge on any atom is 0.266 e. The number of carbonyl (C=O) groups excluding carboxylic acids is 1. The summed E-state index contributed by atoms with van der Waals surface area (Å²) in [6.07, 6.45) is 0.0807. The fraction of sp³-hybridized carbons (Fsp3) is 0.257. The summed E-state index contributed by atoms with van der Waals surface area (Å²) in [5.41, 5.74) is 8.03. The van der Waals surface area contributed by atoms with E-state index < -0.39 is 11.6 Å². The first-order valence-corrected chi connectivity index (χ1v) is 14.5. The number of hydrazine groups is 1. The van der Waals surface area contributed by atoms with Gasteiger partial charge in [0.2, 0.25) is 5.90 Å². The molecule has 5 rings (SSSR count). The van der Waals surface area contributed by atoms with E-state index >= 15 is 0 Å². The first-order chi connectivity index (χ1) is 21.5. The summed E-state index contributed by atoms with van der Waals surface area (Å²) in [4.78, 5) is 19.4. The van der Waals surface area contributed by atoms with Crippen LogP contribution in [0, 0.1) is 0 Å². The number of nitrogens with one attached hydrogen (secondary N) is 2. The van der Waals surface area contributed by atoms with Crippen molar-refractivity contribution in [2.75, 3.05) is 27.4 Å². The van der Waals surface area contributed by atoms with Crippen LogP contribution in [0.4, 0.5) is 0 Å². The molecule has 9 nitrogen and oxygen atoms in total. The minimum absolute atomic E-state index is 0.0644. The molecular weight excluding hydrogens is 558 g/mol. The molecule has 0 saturated carbocycles. The van der Waals surface area contributed by atoms with Crippen LogP contribution < -0.4 is 25.1 Å². The van der Waals surface area contributed by atoms with Gasteiger partial charge in [-0.3, -0.25) is 10.2 Å². The third kappa shape index (κ3) is 7.19. The van der Waals surface area contributed by atoms with Gasteiger partial charge >= 0.3 is 0 Å². The lowest BCUT2D eigenvalue weighted by Crippen LogP contribution is -2.53. The smallest absolute Gasteiger partial charge is 0.266 e. The van der Waals surface area contributed by atoms with Crippen LogP contribution in [0.3, 0.4) is 0 Å². The summed E-state index contributed by atoms with van der Waals surface area (Å²) >= 11 is 0. The van der Waals surface area contributed by atoms with Crippen LogP contribution in [-0.4, -0.2) is 49.9 Å². The Hall–Kier alpha value is -4.86. The molecule has 0 radical (unpaired) electrons. The van der Waals surface area contributed by atoms with Crippen LogP contribution in [0.15, 0.2) is 108 Å². The Bertz CT molecular complexity index is 1540. The molecule has 3 N–H and O–H groups in total. The Morgan fingerprint density at radius 3 is 2.30 bits per heavy atom. The van der Waals surface area contributed by atoms with Gasteiger partial charge in [0.25, 0.3) is 5.91 Å². The van der Waals surface area contributed by atoms with Crippen molar-refractivity contribution in [1.29, 1.82) is 0 Å². The van der Waals surface area contributed by atoms with Crippen LogP contribution >= 0.6 is 0 Å². The van der Waals surface area contributed by atoms with E-state index in [0.717, 1.165) is 22.4 Å². The van der Waals surface area contributed by atoms with Gasteiger partial charge in [-0.25, -0.2) is 10.4 Å². The van der Waals surface area contributed by atoms with Crippen molar-refractivity contribution in [3.05, 3.63) is 125 Å². The van der Waals surface area contributed by atoms with Gasteiger partial charge in [-0.2, -0.15) is 0 Å². The number of amides is 1. The van der Waals surface area contributed by atoms with E-state index in [9.17, 15) is 4.79 Å². The molecule has 0 aliphatic carbocycles. The Labute approximate surface area is 257 Å². The third-order valence-electron chi connectivity index (χ3n) is 7.40. The molecule has 0 saturated heterocycles. The number of benzene rings is 4. The lowest BCUT2D eigenvalue weighted by atomic mass is 9.82. The van der Waals surface area contributed by atoms with E-state index in [4.69, 9.17) is 29.0 Å². The number of methoxy groups -OCH3 is 2. The highest BCUT2D eigenvalue weighted by molar-refractivity contribution is 6.01. The zero-order chi connectivity index (χ0) is 30.8. The fourth-order valence-corrected chi connectivity index (χ4v) is 5.07. The minimum Gasteiger partial charge on any atom is -0.497 e. The lowest BCUT2D eigenvalue weighted by molar-refractivity contribution is -0.130. The molecular formula is C35H37N3O6. The number of hydrogen-bond acceptors (Lipinski definition) is 8. The van der Waals surface area contributed by atoms with Gasteiger partial charge in [0.05, 0.1) is 20.8 Å². The lowest BCUT2D eigenvalue weighted by Gasteiger charge is -2.31. The number of rotatable bonds is 14. The van der Waals surface area contributed by atoms with Gasteiger partial charge in [-0.05, 0) is 65.2 Å². The molecule has 0 spiro atoms. The van der Waals surface area contributed by atoms with E-state index in [2.05, 4.69) is 10.9 Å². The average Bonchev–Trinajstić information content (AvgIpc) is 3.46. The third-order valence-corrected chi connectivity index (χ3v) is 7.40. The van der Waals surface area contributed by atoms with Gasteiger partial charge in [0, 0.05) is 31.6 Å². The summed E-state index contributed by atoms with van der Waals surface area (Å²) in [5.74, 6) is 2.09.